The number of hydrogen-bond acceptors (Lipinski definition) is 3. The SMILES string of the molecule is Cc1ccc(C)c(CNCC(F)(F)CNC(=O)OC(C)(C)C)c1. The third-order valence-electron chi connectivity index (χ3n) is 3.09. The number of amides is 1. The molecule has 0 spiro atoms. The van der Waals surface area contributed by atoms with Crippen LogP contribution in [0.25, 0.3) is 0 Å². The second kappa shape index (κ2) is 7.73. The number of alkyl halides is 2. The Balaban J connectivity index is 2.40. The Hall–Kier alpha value is -1.69. The van der Waals surface area contributed by atoms with E-state index in [4.69, 9.17) is 4.74 Å². The second-order valence-corrected chi connectivity index (χ2v) is 6.74. The van der Waals surface area contributed by atoms with Crippen molar-refractivity contribution in [1.29, 1.82) is 0 Å². The van der Waals surface area contributed by atoms with Crippen LogP contribution in [0.2, 0.25) is 0 Å². The van der Waals surface area contributed by atoms with Crippen LogP contribution in [0.5, 0.6) is 0 Å². The number of ether oxygens (including phenoxy) is 1. The molecule has 0 atom stereocenters. The Morgan fingerprint density at radius 2 is 1.83 bits per heavy atom. The van der Waals surface area contributed by atoms with Crippen molar-refractivity contribution in [2.75, 3.05) is 13.1 Å². The number of carbonyl (C=O) groups excluding carboxylic acids is 1. The van der Waals surface area contributed by atoms with Crippen molar-refractivity contribution in [2.24, 2.45) is 0 Å². The molecule has 0 aliphatic heterocycles. The molecule has 1 rings (SSSR count). The molecule has 1 aromatic carbocycles. The lowest BCUT2D eigenvalue weighted by Gasteiger charge is -2.22. The van der Waals surface area contributed by atoms with E-state index in [-0.39, 0.29) is 0 Å². The third-order valence-corrected chi connectivity index (χ3v) is 3.09. The number of hydrogen-bond donors (Lipinski definition) is 2. The molecule has 1 amide bonds. The molecule has 0 bridgehead atoms. The van der Waals surface area contributed by atoms with E-state index in [1.807, 2.05) is 32.0 Å². The molecule has 130 valence electrons. The van der Waals surface area contributed by atoms with Crippen LogP contribution in [-0.4, -0.2) is 30.7 Å². The minimum Gasteiger partial charge on any atom is -0.444 e. The van der Waals surface area contributed by atoms with Gasteiger partial charge in [-0.1, -0.05) is 23.8 Å². The minimum atomic E-state index is -3.05. The zero-order valence-corrected chi connectivity index (χ0v) is 14.4. The van der Waals surface area contributed by atoms with E-state index < -0.39 is 30.7 Å². The first-order chi connectivity index (χ1) is 10.5. The first-order valence-corrected chi connectivity index (χ1v) is 7.60. The van der Waals surface area contributed by atoms with Gasteiger partial charge in [-0.3, -0.25) is 0 Å². The Morgan fingerprint density at radius 1 is 1.17 bits per heavy atom. The average Bonchev–Trinajstić information content (AvgIpc) is 2.39. The van der Waals surface area contributed by atoms with Crippen LogP contribution in [-0.2, 0) is 11.3 Å². The van der Waals surface area contributed by atoms with Gasteiger partial charge in [0.25, 0.3) is 5.92 Å². The van der Waals surface area contributed by atoms with Crippen molar-refractivity contribution in [3.05, 3.63) is 34.9 Å². The van der Waals surface area contributed by atoms with Crippen LogP contribution < -0.4 is 10.6 Å². The van der Waals surface area contributed by atoms with Crippen LogP contribution in [0.15, 0.2) is 18.2 Å². The van der Waals surface area contributed by atoms with Crippen LogP contribution in [0.3, 0.4) is 0 Å². The van der Waals surface area contributed by atoms with Gasteiger partial charge in [-0.15, -0.1) is 0 Å². The van der Waals surface area contributed by atoms with Gasteiger partial charge in [0.15, 0.2) is 0 Å². The van der Waals surface area contributed by atoms with E-state index in [0.29, 0.717) is 6.54 Å². The van der Waals surface area contributed by atoms with Crippen molar-refractivity contribution in [1.82, 2.24) is 10.6 Å². The van der Waals surface area contributed by atoms with Crippen LogP contribution in [0.4, 0.5) is 13.6 Å². The Labute approximate surface area is 136 Å². The average molecular weight is 328 g/mol. The van der Waals surface area contributed by atoms with E-state index in [2.05, 4.69) is 10.6 Å². The molecule has 2 N–H and O–H groups in total. The fourth-order valence-electron chi connectivity index (χ4n) is 1.95. The third kappa shape index (κ3) is 7.93. The van der Waals surface area contributed by atoms with Crippen molar-refractivity contribution < 1.29 is 18.3 Å². The number of aryl methyl sites for hydroxylation is 2. The summed E-state index contributed by atoms with van der Waals surface area (Å²) in [6.07, 6.45) is -0.841. The highest BCUT2D eigenvalue weighted by Crippen LogP contribution is 2.14. The molecule has 0 radical (unpaired) electrons. The molecule has 0 saturated carbocycles. The lowest BCUT2D eigenvalue weighted by Crippen LogP contribution is -2.44. The van der Waals surface area contributed by atoms with Gasteiger partial charge in [0, 0.05) is 6.54 Å². The molecule has 1 aromatic rings. The highest BCUT2D eigenvalue weighted by atomic mass is 19.3. The maximum Gasteiger partial charge on any atom is 0.407 e. The van der Waals surface area contributed by atoms with Gasteiger partial charge < -0.3 is 15.4 Å². The summed E-state index contributed by atoms with van der Waals surface area (Å²) >= 11 is 0. The topological polar surface area (TPSA) is 50.4 Å². The predicted molar refractivity (Wildman–Crippen MR) is 86.8 cm³/mol. The van der Waals surface area contributed by atoms with E-state index >= 15 is 0 Å². The number of halogens is 2. The largest absolute Gasteiger partial charge is 0.444 e. The molecular weight excluding hydrogens is 302 g/mol. The van der Waals surface area contributed by atoms with E-state index in [1.54, 1.807) is 20.8 Å². The molecule has 4 nitrogen and oxygen atoms in total. The van der Waals surface area contributed by atoms with Gasteiger partial charge in [0.05, 0.1) is 13.1 Å². The van der Waals surface area contributed by atoms with Crippen molar-refractivity contribution >= 4 is 6.09 Å². The number of alkyl carbamates (subject to hydrolysis) is 1. The summed E-state index contributed by atoms with van der Waals surface area (Å²) in [5.74, 6) is -3.05. The molecule has 0 saturated heterocycles. The highest BCUT2D eigenvalue weighted by Gasteiger charge is 2.30. The maximum absolute atomic E-state index is 13.8. The first kappa shape index (κ1) is 19.4. The van der Waals surface area contributed by atoms with Gasteiger partial charge in [0.2, 0.25) is 0 Å². The summed E-state index contributed by atoms with van der Waals surface area (Å²) < 4.78 is 32.5. The number of nitrogens with one attached hydrogen (secondary N) is 2. The Kier molecular flexibility index (Phi) is 6.50. The van der Waals surface area contributed by atoms with Gasteiger partial charge in [0.1, 0.15) is 5.60 Å². The lowest BCUT2D eigenvalue weighted by molar-refractivity contribution is -0.00377. The summed E-state index contributed by atoms with van der Waals surface area (Å²) in [5.41, 5.74) is 2.42. The minimum absolute atomic E-state index is 0.357. The number of carbonyl (C=O) groups is 1. The number of benzene rings is 1. The standard InChI is InChI=1S/C17H26F2N2O2/c1-12-6-7-13(2)14(8-12)9-20-10-17(18,19)11-21-15(22)23-16(3,4)5/h6-8,20H,9-11H2,1-5H3,(H,21,22). The quantitative estimate of drug-likeness (QED) is 0.839. The van der Waals surface area contributed by atoms with E-state index in [0.717, 1.165) is 16.7 Å². The molecule has 0 fully saturated rings. The monoisotopic (exact) mass is 328 g/mol. The smallest absolute Gasteiger partial charge is 0.407 e. The van der Waals surface area contributed by atoms with Gasteiger partial charge in [-0.2, -0.15) is 0 Å². The van der Waals surface area contributed by atoms with Crippen molar-refractivity contribution in [3.8, 4) is 0 Å². The van der Waals surface area contributed by atoms with E-state index in [1.165, 1.54) is 0 Å². The summed E-state index contributed by atoms with van der Waals surface area (Å²) in [6, 6.07) is 5.92. The molecule has 6 heteroatoms. The molecule has 0 aliphatic carbocycles. The van der Waals surface area contributed by atoms with Crippen molar-refractivity contribution in [2.45, 2.75) is 52.7 Å². The maximum atomic E-state index is 13.8. The first-order valence-electron chi connectivity index (χ1n) is 7.60. The Bertz CT molecular complexity index is 540. The second-order valence-electron chi connectivity index (χ2n) is 6.74. The van der Waals surface area contributed by atoms with Crippen molar-refractivity contribution in [3.63, 3.8) is 0 Å². The Morgan fingerprint density at radius 3 is 2.43 bits per heavy atom. The fraction of sp³-hybridized carbons (Fsp3) is 0.588. The molecule has 0 unspecified atom stereocenters. The van der Waals surface area contributed by atoms with E-state index in [9.17, 15) is 13.6 Å². The molecular formula is C17H26F2N2O2. The van der Waals surface area contributed by atoms with Crippen LogP contribution in [0, 0.1) is 13.8 Å². The van der Waals surface area contributed by atoms with Crippen LogP contribution in [0.1, 0.15) is 37.5 Å². The lowest BCUT2D eigenvalue weighted by atomic mass is 10.1. The summed E-state index contributed by atoms with van der Waals surface area (Å²) in [6.45, 7) is 8.01. The normalized spacial score (nSPS) is 12.1. The number of rotatable bonds is 6. The summed E-state index contributed by atoms with van der Waals surface area (Å²) in [7, 11) is 0. The zero-order chi connectivity index (χ0) is 17.7. The molecule has 23 heavy (non-hydrogen) atoms. The molecule has 0 aromatic heterocycles. The summed E-state index contributed by atoms with van der Waals surface area (Å²) in [5, 5.41) is 4.84. The predicted octanol–water partition coefficient (Wildman–Crippen LogP) is 3.55. The van der Waals surface area contributed by atoms with Gasteiger partial charge in [-0.05, 0) is 45.7 Å². The fourth-order valence-corrected chi connectivity index (χ4v) is 1.95. The van der Waals surface area contributed by atoms with Gasteiger partial charge in [-0.25, -0.2) is 13.6 Å². The van der Waals surface area contributed by atoms with Crippen LogP contribution >= 0.6 is 0 Å². The molecule has 0 heterocycles. The molecule has 0 aliphatic rings. The summed E-state index contributed by atoms with van der Waals surface area (Å²) in [4.78, 5) is 11.4. The highest BCUT2D eigenvalue weighted by molar-refractivity contribution is 5.67. The zero-order valence-electron chi connectivity index (χ0n) is 14.4. The van der Waals surface area contributed by atoms with Gasteiger partial charge >= 0.3 is 6.09 Å².